The molecule has 0 fully saturated rings. The molecule has 0 spiro atoms. The van der Waals surface area contributed by atoms with Crippen LogP contribution in [0.25, 0.3) is 0 Å². The fourth-order valence-electron chi connectivity index (χ4n) is 1.91. The number of hydrogen-bond acceptors (Lipinski definition) is 2. The van der Waals surface area contributed by atoms with Crippen molar-refractivity contribution in [1.82, 2.24) is 15.5 Å². The van der Waals surface area contributed by atoms with Gasteiger partial charge in [-0.1, -0.05) is 35.8 Å². The van der Waals surface area contributed by atoms with E-state index in [1.807, 2.05) is 13.8 Å². The number of benzene rings is 1. The first-order valence-electron chi connectivity index (χ1n) is 8.08. The van der Waals surface area contributed by atoms with E-state index in [9.17, 15) is 18.0 Å². The van der Waals surface area contributed by atoms with Crippen molar-refractivity contribution < 1.29 is 18.0 Å². The summed E-state index contributed by atoms with van der Waals surface area (Å²) in [6.45, 7) is 4.40. The van der Waals surface area contributed by atoms with E-state index in [1.165, 1.54) is 11.0 Å². The molecule has 1 amide bonds. The van der Waals surface area contributed by atoms with E-state index in [-0.39, 0.29) is 24.6 Å². The van der Waals surface area contributed by atoms with Crippen LogP contribution < -0.4 is 10.6 Å². The number of halogens is 4. The summed E-state index contributed by atoms with van der Waals surface area (Å²) in [4.78, 5) is 17.3. The molecule has 0 bridgehead atoms. The molecular weight excluding hydrogens is 413 g/mol. The molecule has 1 aromatic rings. The Balaban J connectivity index is 2.97. The Bertz CT molecular complexity index is 645. The van der Waals surface area contributed by atoms with E-state index < -0.39 is 11.7 Å². The van der Waals surface area contributed by atoms with Crippen LogP contribution in [0.2, 0.25) is 0 Å². The van der Waals surface area contributed by atoms with Crippen LogP contribution in [0.4, 0.5) is 13.2 Å². The highest BCUT2D eigenvalue weighted by Gasteiger charge is 2.33. The minimum absolute atomic E-state index is 0.00337. The maximum absolute atomic E-state index is 13.2. The third-order valence-electron chi connectivity index (χ3n) is 3.37. The van der Waals surface area contributed by atoms with Gasteiger partial charge in [0.05, 0.1) is 18.7 Å². The Morgan fingerprint density at radius 1 is 1.27 bits per heavy atom. The average molecular weight is 437 g/mol. The lowest BCUT2D eigenvalue weighted by molar-refractivity contribution is -0.138. The SMILES string of the molecule is CC(C)CNC(=NCc1ccc(Br)cc1C(F)(F)F)NCC(=O)N(C)C. The number of carbonyl (C=O) groups is 1. The van der Waals surface area contributed by atoms with Gasteiger partial charge in [-0.15, -0.1) is 0 Å². The number of nitrogens with zero attached hydrogens (tertiary/aromatic N) is 2. The van der Waals surface area contributed by atoms with Crippen molar-refractivity contribution in [2.24, 2.45) is 10.9 Å². The summed E-state index contributed by atoms with van der Waals surface area (Å²) in [5, 5.41) is 5.88. The highest BCUT2D eigenvalue weighted by Crippen LogP contribution is 2.34. The second-order valence-corrected chi connectivity index (χ2v) is 7.30. The zero-order valence-corrected chi connectivity index (χ0v) is 16.8. The monoisotopic (exact) mass is 436 g/mol. The first-order valence-corrected chi connectivity index (χ1v) is 8.88. The van der Waals surface area contributed by atoms with Crippen molar-refractivity contribution in [2.75, 3.05) is 27.2 Å². The van der Waals surface area contributed by atoms with Crippen LogP contribution in [-0.2, 0) is 17.5 Å². The van der Waals surface area contributed by atoms with Gasteiger partial charge in [0.15, 0.2) is 5.96 Å². The summed E-state index contributed by atoms with van der Waals surface area (Å²) < 4.78 is 39.9. The number of aliphatic imine (C=N–C) groups is 1. The molecule has 5 nitrogen and oxygen atoms in total. The van der Waals surface area contributed by atoms with Crippen LogP contribution in [0.5, 0.6) is 0 Å². The molecule has 0 aliphatic rings. The van der Waals surface area contributed by atoms with Crippen LogP contribution in [-0.4, -0.2) is 44.0 Å². The van der Waals surface area contributed by atoms with Crippen molar-refractivity contribution in [3.63, 3.8) is 0 Å². The van der Waals surface area contributed by atoms with E-state index >= 15 is 0 Å². The van der Waals surface area contributed by atoms with Crippen LogP contribution >= 0.6 is 15.9 Å². The van der Waals surface area contributed by atoms with Crippen LogP contribution in [0.15, 0.2) is 27.7 Å². The number of hydrogen-bond donors (Lipinski definition) is 2. The van der Waals surface area contributed by atoms with Crippen molar-refractivity contribution in [2.45, 2.75) is 26.6 Å². The predicted molar refractivity (Wildman–Crippen MR) is 99.8 cm³/mol. The van der Waals surface area contributed by atoms with E-state index in [2.05, 4.69) is 31.6 Å². The van der Waals surface area contributed by atoms with Crippen molar-refractivity contribution >= 4 is 27.8 Å². The minimum atomic E-state index is -4.46. The van der Waals surface area contributed by atoms with E-state index in [1.54, 1.807) is 20.2 Å². The topological polar surface area (TPSA) is 56.7 Å². The molecule has 0 aromatic heterocycles. The molecule has 1 rings (SSSR count). The van der Waals surface area contributed by atoms with Crippen molar-refractivity contribution in [1.29, 1.82) is 0 Å². The lowest BCUT2D eigenvalue weighted by Crippen LogP contribution is -2.44. The number of rotatable bonds is 6. The molecule has 0 unspecified atom stereocenters. The summed E-state index contributed by atoms with van der Waals surface area (Å²) in [6.07, 6.45) is -4.46. The second kappa shape index (κ2) is 9.80. The van der Waals surface area contributed by atoms with Gasteiger partial charge in [0, 0.05) is 25.1 Å². The molecule has 0 atom stereocenters. The van der Waals surface area contributed by atoms with E-state index in [0.717, 1.165) is 6.07 Å². The molecule has 0 aliphatic carbocycles. The van der Waals surface area contributed by atoms with Gasteiger partial charge in [-0.2, -0.15) is 13.2 Å². The normalized spacial score (nSPS) is 12.3. The Morgan fingerprint density at radius 2 is 1.92 bits per heavy atom. The van der Waals surface area contributed by atoms with Crippen LogP contribution in [0, 0.1) is 5.92 Å². The lowest BCUT2D eigenvalue weighted by Gasteiger charge is -2.17. The quantitative estimate of drug-likeness (QED) is 0.531. The predicted octanol–water partition coefficient (Wildman–Crippen LogP) is 3.25. The largest absolute Gasteiger partial charge is 0.416 e. The highest BCUT2D eigenvalue weighted by molar-refractivity contribution is 9.10. The number of nitrogens with one attached hydrogen (secondary N) is 2. The molecule has 0 saturated heterocycles. The zero-order chi connectivity index (χ0) is 19.9. The Hall–Kier alpha value is -1.77. The van der Waals surface area contributed by atoms with Gasteiger partial charge >= 0.3 is 6.18 Å². The molecule has 0 radical (unpaired) electrons. The van der Waals surface area contributed by atoms with Gasteiger partial charge in [0.2, 0.25) is 5.91 Å². The summed E-state index contributed by atoms with van der Waals surface area (Å²) >= 11 is 3.06. The van der Waals surface area contributed by atoms with E-state index in [0.29, 0.717) is 22.9 Å². The number of guanidine groups is 1. The smallest absolute Gasteiger partial charge is 0.356 e. The first kappa shape index (κ1) is 22.3. The van der Waals surface area contributed by atoms with Gasteiger partial charge < -0.3 is 15.5 Å². The van der Waals surface area contributed by atoms with Gasteiger partial charge in [-0.25, -0.2) is 4.99 Å². The number of amides is 1. The lowest BCUT2D eigenvalue weighted by atomic mass is 10.1. The van der Waals surface area contributed by atoms with Gasteiger partial charge in [-0.05, 0) is 23.6 Å². The van der Waals surface area contributed by atoms with Crippen LogP contribution in [0.1, 0.15) is 25.0 Å². The minimum Gasteiger partial charge on any atom is -0.356 e. The fourth-order valence-corrected chi connectivity index (χ4v) is 2.27. The Kier molecular flexibility index (Phi) is 8.39. The van der Waals surface area contributed by atoms with Gasteiger partial charge in [0.1, 0.15) is 0 Å². The third-order valence-corrected chi connectivity index (χ3v) is 3.86. The van der Waals surface area contributed by atoms with Crippen molar-refractivity contribution in [3.05, 3.63) is 33.8 Å². The summed E-state index contributed by atoms with van der Waals surface area (Å²) in [5.41, 5.74) is -0.673. The number of likely N-dealkylation sites (N-methyl/N-ethyl adjacent to an activating group) is 1. The molecule has 0 heterocycles. The first-order chi connectivity index (χ1) is 12.0. The molecular formula is C17H24BrF3N4O. The summed E-state index contributed by atoms with van der Waals surface area (Å²) in [5.74, 6) is 0.443. The summed E-state index contributed by atoms with van der Waals surface area (Å²) in [6, 6.07) is 3.97. The number of alkyl halides is 3. The molecule has 9 heteroatoms. The molecule has 0 saturated carbocycles. The zero-order valence-electron chi connectivity index (χ0n) is 15.2. The number of carbonyl (C=O) groups excluding carboxylic acids is 1. The fraction of sp³-hybridized carbons (Fsp3) is 0.529. The highest BCUT2D eigenvalue weighted by atomic mass is 79.9. The van der Waals surface area contributed by atoms with Crippen LogP contribution in [0.3, 0.4) is 0 Å². The molecule has 1 aromatic carbocycles. The van der Waals surface area contributed by atoms with E-state index in [4.69, 9.17) is 0 Å². The maximum Gasteiger partial charge on any atom is 0.416 e. The molecule has 26 heavy (non-hydrogen) atoms. The second-order valence-electron chi connectivity index (χ2n) is 6.38. The standard InChI is InChI=1S/C17H24BrF3N4O/c1-11(2)8-22-16(24-10-15(26)25(3)4)23-9-12-5-6-13(18)7-14(12)17(19,20)21/h5-7,11H,8-10H2,1-4H3,(H2,22,23,24). The Labute approximate surface area is 160 Å². The Morgan fingerprint density at radius 3 is 2.46 bits per heavy atom. The summed E-state index contributed by atoms with van der Waals surface area (Å²) in [7, 11) is 3.25. The molecule has 0 aliphatic heterocycles. The maximum atomic E-state index is 13.2. The average Bonchev–Trinajstić information content (AvgIpc) is 2.53. The van der Waals surface area contributed by atoms with Gasteiger partial charge in [0.25, 0.3) is 0 Å². The molecule has 146 valence electrons. The molecule has 2 N–H and O–H groups in total. The van der Waals surface area contributed by atoms with Gasteiger partial charge in [-0.3, -0.25) is 4.79 Å². The third kappa shape index (κ3) is 7.63. The van der Waals surface area contributed by atoms with Crippen molar-refractivity contribution in [3.8, 4) is 0 Å².